The summed E-state index contributed by atoms with van der Waals surface area (Å²) in [5.74, 6) is -0.295. The van der Waals surface area contributed by atoms with Crippen molar-refractivity contribution in [1.82, 2.24) is 5.32 Å². The number of aliphatic carboxylic acids is 1. The molecule has 116 valence electrons. The quantitative estimate of drug-likeness (QED) is 0.539. The van der Waals surface area contributed by atoms with Crippen molar-refractivity contribution in [2.24, 2.45) is 0 Å². The number of nitrogens with one attached hydrogen (secondary N) is 1. The molecule has 1 aliphatic rings. The van der Waals surface area contributed by atoms with Crippen LogP contribution in [0.3, 0.4) is 0 Å². The first kappa shape index (κ1) is 16.3. The van der Waals surface area contributed by atoms with Gasteiger partial charge in [-0.3, -0.25) is 5.32 Å². The van der Waals surface area contributed by atoms with Gasteiger partial charge in [-0.25, -0.2) is 4.79 Å². The van der Waals surface area contributed by atoms with E-state index in [2.05, 4.69) is 5.32 Å². The molecule has 0 amide bonds. The molecule has 0 aliphatic heterocycles. The van der Waals surface area contributed by atoms with Gasteiger partial charge in [-0.2, -0.15) is 11.8 Å². The summed E-state index contributed by atoms with van der Waals surface area (Å²) >= 11 is 1.33. The Balaban J connectivity index is 2.17. The Morgan fingerprint density at radius 3 is 2.57 bits per heavy atom. The molecule has 5 nitrogen and oxygen atoms in total. The van der Waals surface area contributed by atoms with Crippen LogP contribution in [0.15, 0.2) is 30.3 Å². The van der Waals surface area contributed by atoms with E-state index in [1.807, 2.05) is 30.3 Å². The lowest BCUT2D eigenvalue weighted by atomic mass is 9.91. The van der Waals surface area contributed by atoms with Gasteiger partial charge in [0, 0.05) is 17.5 Å². The Morgan fingerprint density at radius 2 is 2.05 bits per heavy atom. The van der Waals surface area contributed by atoms with Gasteiger partial charge in [0.2, 0.25) is 0 Å². The van der Waals surface area contributed by atoms with E-state index in [9.17, 15) is 15.0 Å². The average molecular weight is 311 g/mol. The molecular formula is C15H21NO4S. The average Bonchev–Trinajstić information content (AvgIpc) is 3.30. The van der Waals surface area contributed by atoms with Crippen LogP contribution in [0, 0.1) is 0 Å². The minimum absolute atomic E-state index is 0.240. The highest BCUT2D eigenvalue weighted by Crippen LogP contribution is 2.32. The highest BCUT2D eigenvalue weighted by atomic mass is 32.2. The van der Waals surface area contributed by atoms with Crippen molar-refractivity contribution in [2.75, 3.05) is 18.1 Å². The first-order valence-electron chi connectivity index (χ1n) is 7.02. The normalized spacial score (nSPS) is 19.0. The predicted molar refractivity (Wildman–Crippen MR) is 82.3 cm³/mol. The van der Waals surface area contributed by atoms with Gasteiger partial charge in [-0.15, -0.1) is 0 Å². The largest absolute Gasteiger partial charge is 0.480 e. The molecule has 6 heteroatoms. The molecule has 1 aromatic rings. The van der Waals surface area contributed by atoms with E-state index in [1.54, 1.807) is 0 Å². The first-order valence-corrected chi connectivity index (χ1v) is 8.17. The van der Waals surface area contributed by atoms with Crippen LogP contribution >= 0.6 is 11.8 Å². The number of carboxylic acid groups (broad SMARTS) is 1. The predicted octanol–water partition coefficient (Wildman–Crippen LogP) is 0.805. The van der Waals surface area contributed by atoms with E-state index >= 15 is 0 Å². The fourth-order valence-corrected chi connectivity index (χ4v) is 3.33. The molecule has 1 aliphatic carbocycles. The molecule has 2 unspecified atom stereocenters. The van der Waals surface area contributed by atoms with Crippen molar-refractivity contribution in [1.29, 1.82) is 0 Å². The molecule has 21 heavy (non-hydrogen) atoms. The SMILES string of the molecule is O=C(O)C(CSCC(O)CO)(NC1CC1)c1ccccc1. The Kier molecular flexibility index (Phi) is 5.64. The number of hydrogen-bond donors (Lipinski definition) is 4. The summed E-state index contributed by atoms with van der Waals surface area (Å²) in [6.45, 7) is -0.311. The molecule has 0 spiro atoms. The van der Waals surface area contributed by atoms with Gasteiger partial charge < -0.3 is 15.3 Å². The third kappa shape index (κ3) is 4.20. The summed E-state index contributed by atoms with van der Waals surface area (Å²) in [5.41, 5.74) is -0.433. The van der Waals surface area contributed by atoms with E-state index in [4.69, 9.17) is 5.11 Å². The maximum atomic E-state index is 11.9. The van der Waals surface area contributed by atoms with E-state index in [-0.39, 0.29) is 12.6 Å². The number of aliphatic hydroxyl groups excluding tert-OH is 2. The van der Waals surface area contributed by atoms with Gasteiger partial charge in [0.25, 0.3) is 0 Å². The lowest BCUT2D eigenvalue weighted by Crippen LogP contribution is -2.52. The van der Waals surface area contributed by atoms with Crippen LogP contribution in [0.4, 0.5) is 0 Å². The fraction of sp³-hybridized carbons (Fsp3) is 0.533. The Labute approximate surface area is 128 Å². The van der Waals surface area contributed by atoms with Gasteiger partial charge in [-0.1, -0.05) is 30.3 Å². The van der Waals surface area contributed by atoms with E-state index in [0.717, 1.165) is 18.4 Å². The second-order valence-corrected chi connectivity index (χ2v) is 6.38. The maximum Gasteiger partial charge on any atom is 0.329 e. The number of carboxylic acids is 1. The van der Waals surface area contributed by atoms with E-state index < -0.39 is 17.6 Å². The van der Waals surface area contributed by atoms with E-state index in [1.165, 1.54) is 11.8 Å². The van der Waals surface area contributed by atoms with Gasteiger partial charge in [0.15, 0.2) is 5.54 Å². The smallest absolute Gasteiger partial charge is 0.329 e. The molecule has 0 heterocycles. The van der Waals surface area contributed by atoms with Crippen molar-refractivity contribution in [3.05, 3.63) is 35.9 Å². The number of benzene rings is 1. The van der Waals surface area contributed by atoms with Crippen molar-refractivity contribution < 1.29 is 20.1 Å². The first-order chi connectivity index (χ1) is 10.1. The summed E-state index contributed by atoms with van der Waals surface area (Å²) in [4.78, 5) is 11.9. The molecule has 0 radical (unpaired) electrons. The summed E-state index contributed by atoms with van der Waals surface area (Å²) in [6, 6.07) is 9.38. The molecule has 2 rings (SSSR count). The van der Waals surface area contributed by atoms with Crippen molar-refractivity contribution in [2.45, 2.75) is 30.5 Å². The van der Waals surface area contributed by atoms with Gasteiger partial charge in [-0.05, 0) is 18.4 Å². The molecule has 0 aromatic heterocycles. The number of hydrogen-bond acceptors (Lipinski definition) is 5. The summed E-state index contributed by atoms with van der Waals surface area (Å²) in [6.07, 6.45) is 1.16. The lowest BCUT2D eigenvalue weighted by molar-refractivity contribution is -0.144. The highest BCUT2D eigenvalue weighted by Gasteiger charge is 2.44. The third-order valence-corrected chi connectivity index (χ3v) is 4.76. The molecule has 1 aromatic carbocycles. The fourth-order valence-electron chi connectivity index (χ4n) is 2.15. The Hall–Kier alpha value is -1.08. The minimum atomic E-state index is -1.15. The molecule has 1 saturated carbocycles. The molecular weight excluding hydrogens is 290 g/mol. The lowest BCUT2D eigenvalue weighted by Gasteiger charge is -2.31. The van der Waals surface area contributed by atoms with Crippen LogP contribution in [0.25, 0.3) is 0 Å². The van der Waals surface area contributed by atoms with Crippen LogP contribution in [-0.4, -0.2) is 51.5 Å². The summed E-state index contributed by atoms with van der Waals surface area (Å²) < 4.78 is 0. The molecule has 1 fully saturated rings. The Bertz CT molecular complexity index is 466. The van der Waals surface area contributed by atoms with Crippen LogP contribution in [-0.2, 0) is 10.3 Å². The standard InChI is InChI=1S/C15H21NO4S/c17-8-13(18)9-21-10-15(14(19)20,16-12-6-7-12)11-4-2-1-3-5-11/h1-5,12-13,16-18H,6-10H2,(H,19,20). The topological polar surface area (TPSA) is 89.8 Å². The molecule has 0 saturated heterocycles. The van der Waals surface area contributed by atoms with Crippen LogP contribution in [0.2, 0.25) is 0 Å². The molecule has 2 atom stereocenters. The maximum absolute atomic E-state index is 11.9. The monoisotopic (exact) mass is 311 g/mol. The van der Waals surface area contributed by atoms with Crippen molar-refractivity contribution in [3.8, 4) is 0 Å². The Morgan fingerprint density at radius 1 is 1.38 bits per heavy atom. The summed E-state index contributed by atoms with van der Waals surface area (Å²) in [5, 5.41) is 31.3. The van der Waals surface area contributed by atoms with E-state index in [0.29, 0.717) is 11.5 Å². The second kappa shape index (κ2) is 7.26. The third-order valence-electron chi connectivity index (χ3n) is 3.50. The van der Waals surface area contributed by atoms with Gasteiger partial charge in [0.1, 0.15) is 0 Å². The minimum Gasteiger partial charge on any atom is -0.480 e. The van der Waals surface area contributed by atoms with Gasteiger partial charge in [0.05, 0.1) is 12.7 Å². The van der Waals surface area contributed by atoms with Crippen LogP contribution < -0.4 is 5.32 Å². The molecule has 4 N–H and O–H groups in total. The van der Waals surface area contributed by atoms with Crippen molar-refractivity contribution in [3.63, 3.8) is 0 Å². The van der Waals surface area contributed by atoms with Crippen LogP contribution in [0.1, 0.15) is 18.4 Å². The number of carbonyl (C=O) groups is 1. The summed E-state index contributed by atoms with van der Waals surface area (Å²) in [7, 11) is 0. The van der Waals surface area contributed by atoms with Gasteiger partial charge >= 0.3 is 5.97 Å². The number of thioether (sulfide) groups is 1. The second-order valence-electron chi connectivity index (χ2n) is 5.35. The number of aliphatic hydroxyl groups is 2. The molecule has 0 bridgehead atoms. The van der Waals surface area contributed by atoms with Crippen molar-refractivity contribution >= 4 is 17.7 Å². The highest BCUT2D eigenvalue weighted by molar-refractivity contribution is 7.99. The zero-order valence-corrected chi connectivity index (χ0v) is 12.6. The zero-order chi connectivity index (χ0) is 15.3. The zero-order valence-electron chi connectivity index (χ0n) is 11.7. The number of rotatable bonds is 9. The van der Waals surface area contributed by atoms with Crippen LogP contribution in [0.5, 0.6) is 0 Å².